The number of hydrogen-bond donors (Lipinski definition) is 4. The van der Waals surface area contributed by atoms with Gasteiger partial charge in [0.15, 0.2) is 0 Å². The third-order valence-corrected chi connectivity index (χ3v) is 5.26. The van der Waals surface area contributed by atoms with Crippen LogP contribution in [0.1, 0.15) is 45.2 Å². The lowest BCUT2D eigenvalue weighted by atomic mass is 9.77. The minimum absolute atomic E-state index is 0.0536. The maximum Gasteiger partial charge on any atom is 0.475 e. The minimum Gasteiger partial charge on any atom is -0.426 e. The topological polar surface area (TPSA) is 116 Å². The van der Waals surface area contributed by atoms with Gasteiger partial charge in [0, 0.05) is 6.54 Å². The molecule has 0 aliphatic carbocycles. The van der Waals surface area contributed by atoms with Crippen molar-refractivity contribution in [2.75, 3.05) is 6.54 Å². The number of likely N-dealkylation sites (tertiary alicyclic amines) is 1. The van der Waals surface area contributed by atoms with Crippen molar-refractivity contribution in [2.45, 2.75) is 51.1 Å². The van der Waals surface area contributed by atoms with E-state index in [1.807, 2.05) is 19.9 Å². The fourth-order valence-electron chi connectivity index (χ4n) is 3.32. The Bertz CT molecular complexity index is 641. The Kier molecular flexibility index (Phi) is 6.44. The molecular weight excluding hydrogens is 333 g/mol. The van der Waals surface area contributed by atoms with E-state index in [0.717, 1.165) is 0 Å². The molecule has 1 fully saturated rings. The van der Waals surface area contributed by atoms with E-state index in [9.17, 15) is 19.6 Å². The zero-order chi connectivity index (χ0) is 19.5. The maximum atomic E-state index is 13.0. The third-order valence-electron chi connectivity index (χ3n) is 5.26. The molecule has 1 aliphatic heterocycles. The first-order chi connectivity index (χ1) is 12.2. The normalized spacial score (nSPS) is 22.4. The van der Waals surface area contributed by atoms with Crippen LogP contribution in [0.5, 0.6) is 0 Å². The highest BCUT2D eigenvalue weighted by Crippen LogP contribution is 2.34. The molecule has 142 valence electrons. The Morgan fingerprint density at radius 2 is 1.96 bits per heavy atom. The number of amides is 2. The summed E-state index contributed by atoms with van der Waals surface area (Å²) >= 11 is 0. The monoisotopic (exact) mass is 361 g/mol. The van der Waals surface area contributed by atoms with E-state index in [1.54, 1.807) is 31.2 Å². The van der Waals surface area contributed by atoms with Crippen molar-refractivity contribution in [2.24, 2.45) is 11.7 Å². The van der Waals surface area contributed by atoms with E-state index >= 15 is 0 Å². The van der Waals surface area contributed by atoms with Crippen molar-refractivity contribution in [3.8, 4) is 0 Å². The van der Waals surface area contributed by atoms with Gasteiger partial charge in [-0.05, 0) is 24.3 Å². The summed E-state index contributed by atoms with van der Waals surface area (Å²) < 4.78 is 0. The van der Waals surface area contributed by atoms with Crippen LogP contribution in [0.25, 0.3) is 0 Å². The van der Waals surface area contributed by atoms with Crippen molar-refractivity contribution in [3.63, 3.8) is 0 Å². The molecule has 7 nitrogen and oxygen atoms in total. The quantitative estimate of drug-likeness (QED) is 0.519. The molecule has 1 saturated heterocycles. The van der Waals surface area contributed by atoms with Gasteiger partial charge in [-0.1, -0.05) is 51.1 Å². The molecule has 8 heteroatoms. The second kappa shape index (κ2) is 8.20. The predicted molar refractivity (Wildman–Crippen MR) is 99.7 cm³/mol. The fraction of sp³-hybridized carbons (Fsp3) is 0.556. The highest BCUT2D eigenvalue weighted by molar-refractivity contribution is 6.43. The number of nitrogens with two attached hydrogens (primary N) is 1. The van der Waals surface area contributed by atoms with Gasteiger partial charge in [-0.15, -0.1) is 0 Å². The Balaban J connectivity index is 2.35. The van der Waals surface area contributed by atoms with Crippen molar-refractivity contribution >= 4 is 18.9 Å². The molecule has 0 spiro atoms. The van der Waals surface area contributed by atoms with Gasteiger partial charge in [-0.3, -0.25) is 9.59 Å². The number of benzene rings is 1. The number of rotatable bonds is 7. The fourth-order valence-corrected chi connectivity index (χ4v) is 3.32. The van der Waals surface area contributed by atoms with Crippen LogP contribution in [0.4, 0.5) is 0 Å². The van der Waals surface area contributed by atoms with E-state index in [0.29, 0.717) is 24.9 Å². The zero-order valence-corrected chi connectivity index (χ0v) is 15.6. The molecule has 3 atom stereocenters. The van der Waals surface area contributed by atoms with E-state index in [-0.39, 0.29) is 11.8 Å². The second-order valence-electron chi connectivity index (χ2n) is 7.19. The van der Waals surface area contributed by atoms with Crippen molar-refractivity contribution in [1.29, 1.82) is 0 Å². The van der Waals surface area contributed by atoms with Crippen LogP contribution in [0.15, 0.2) is 30.3 Å². The molecule has 2 rings (SSSR count). The zero-order valence-electron chi connectivity index (χ0n) is 15.6. The number of carbonyl (C=O) groups is 2. The van der Waals surface area contributed by atoms with Crippen LogP contribution < -0.4 is 11.1 Å². The molecule has 1 aromatic rings. The number of hydrogen-bond acceptors (Lipinski definition) is 5. The van der Waals surface area contributed by atoms with Gasteiger partial charge in [-0.2, -0.15) is 0 Å². The van der Waals surface area contributed by atoms with Crippen molar-refractivity contribution in [3.05, 3.63) is 35.9 Å². The second-order valence-corrected chi connectivity index (χ2v) is 7.19. The molecular formula is C18H28BN3O4. The number of carbonyl (C=O) groups excluding carboxylic acids is 2. The van der Waals surface area contributed by atoms with Gasteiger partial charge in [-0.25, -0.2) is 0 Å². The standard InChI is InChI=1S/C18H28BN3O4/c1-4-14(19(25)26)21-16(23)15(13-8-6-5-7-9-13)22-11-10-18(20,12(2)3)17(22)24/h5-9,12,14-15,25-26H,4,10-11,20H2,1-3H3,(H,21,23). The van der Waals surface area contributed by atoms with Crippen LogP contribution in [-0.4, -0.2) is 51.9 Å². The first-order valence-electron chi connectivity index (χ1n) is 9.03. The van der Waals surface area contributed by atoms with E-state index in [2.05, 4.69) is 5.32 Å². The SMILES string of the molecule is CCC(NC(=O)C(c1ccccc1)N1CCC(N)(C(C)C)C1=O)B(O)O. The summed E-state index contributed by atoms with van der Waals surface area (Å²) in [6.07, 6.45) is 0.825. The van der Waals surface area contributed by atoms with Crippen LogP contribution in [0.3, 0.4) is 0 Å². The van der Waals surface area contributed by atoms with Gasteiger partial charge in [0.25, 0.3) is 0 Å². The highest BCUT2D eigenvalue weighted by atomic mass is 16.4. The number of nitrogens with zero attached hydrogens (tertiary/aromatic N) is 1. The molecule has 1 aliphatic rings. The lowest BCUT2D eigenvalue weighted by Gasteiger charge is -2.32. The number of nitrogens with one attached hydrogen (secondary N) is 1. The smallest absolute Gasteiger partial charge is 0.426 e. The Labute approximate surface area is 154 Å². The van der Waals surface area contributed by atoms with Crippen molar-refractivity contribution in [1.82, 2.24) is 10.2 Å². The lowest BCUT2D eigenvalue weighted by molar-refractivity contribution is -0.141. The molecule has 1 heterocycles. The van der Waals surface area contributed by atoms with Crippen LogP contribution in [0, 0.1) is 5.92 Å². The summed E-state index contributed by atoms with van der Waals surface area (Å²) in [6, 6.07) is 8.12. The molecule has 2 amide bonds. The summed E-state index contributed by atoms with van der Waals surface area (Å²) in [7, 11) is -1.67. The van der Waals surface area contributed by atoms with Crippen molar-refractivity contribution < 1.29 is 19.6 Å². The molecule has 5 N–H and O–H groups in total. The van der Waals surface area contributed by atoms with E-state index < -0.39 is 30.5 Å². The van der Waals surface area contributed by atoms with Gasteiger partial charge < -0.3 is 26.0 Å². The predicted octanol–water partition coefficient (Wildman–Crippen LogP) is 0.220. The van der Waals surface area contributed by atoms with Crippen LogP contribution in [-0.2, 0) is 9.59 Å². The van der Waals surface area contributed by atoms with Gasteiger partial charge in [0.1, 0.15) is 6.04 Å². The van der Waals surface area contributed by atoms with Gasteiger partial charge in [0.05, 0.1) is 11.5 Å². The molecule has 1 aromatic carbocycles. The van der Waals surface area contributed by atoms with E-state index in [4.69, 9.17) is 5.73 Å². The molecule has 0 radical (unpaired) electrons. The molecule has 0 bridgehead atoms. The highest BCUT2D eigenvalue weighted by Gasteiger charge is 2.49. The summed E-state index contributed by atoms with van der Waals surface area (Å²) in [5.74, 6) is -1.56. The Hall–Kier alpha value is -1.90. The first-order valence-corrected chi connectivity index (χ1v) is 9.03. The molecule has 0 aromatic heterocycles. The van der Waals surface area contributed by atoms with Gasteiger partial charge in [0.2, 0.25) is 11.8 Å². The molecule has 26 heavy (non-hydrogen) atoms. The summed E-state index contributed by atoms with van der Waals surface area (Å²) in [4.78, 5) is 27.5. The largest absolute Gasteiger partial charge is 0.475 e. The minimum atomic E-state index is -1.67. The molecule has 3 unspecified atom stereocenters. The lowest BCUT2D eigenvalue weighted by Crippen LogP contribution is -2.55. The average molecular weight is 361 g/mol. The van der Waals surface area contributed by atoms with Gasteiger partial charge >= 0.3 is 7.12 Å². The molecule has 0 saturated carbocycles. The Morgan fingerprint density at radius 3 is 2.42 bits per heavy atom. The van der Waals surface area contributed by atoms with Crippen LogP contribution in [0.2, 0.25) is 0 Å². The van der Waals surface area contributed by atoms with E-state index in [1.165, 1.54) is 4.90 Å². The summed E-state index contributed by atoms with van der Waals surface area (Å²) in [5, 5.41) is 21.5. The Morgan fingerprint density at radius 1 is 1.35 bits per heavy atom. The third kappa shape index (κ3) is 3.92. The first kappa shape index (κ1) is 20.4. The summed E-state index contributed by atoms with van der Waals surface area (Å²) in [5.41, 5.74) is 5.99. The summed E-state index contributed by atoms with van der Waals surface area (Å²) in [6.45, 7) is 5.91. The average Bonchev–Trinajstić information content (AvgIpc) is 2.91. The van der Waals surface area contributed by atoms with Crippen LogP contribution >= 0.6 is 0 Å². The maximum absolute atomic E-state index is 13.0.